The number of pyridine rings is 1. The zero-order valence-corrected chi connectivity index (χ0v) is 14.2. The van der Waals surface area contributed by atoms with Gasteiger partial charge in [-0.25, -0.2) is 4.98 Å². The first-order valence-electron chi connectivity index (χ1n) is 7.62. The number of aromatic nitrogens is 1. The second kappa shape index (κ2) is 7.67. The molecule has 6 nitrogen and oxygen atoms in total. The number of hydrogen-bond donors (Lipinski definition) is 2. The summed E-state index contributed by atoms with van der Waals surface area (Å²) in [6, 6.07) is 16.5. The molecule has 0 atom stereocenters. The Bertz CT molecular complexity index is 958. The number of nitrogens with zero attached hydrogens (tertiary/aromatic N) is 1. The van der Waals surface area contributed by atoms with E-state index in [1.165, 1.54) is 12.3 Å². The van der Waals surface area contributed by atoms with E-state index >= 15 is 0 Å². The molecule has 0 aliphatic rings. The highest BCUT2D eigenvalue weighted by atomic mass is 35.5. The lowest BCUT2D eigenvalue weighted by atomic mass is 10.2. The molecule has 0 radical (unpaired) electrons. The van der Waals surface area contributed by atoms with E-state index in [1.54, 1.807) is 54.6 Å². The van der Waals surface area contributed by atoms with Crippen LogP contribution in [-0.2, 0) is 0 Å². The molecule has 3 rings (SSSR count). The van der Waals surface area contributed by atoms with Crippen molar-refractivity contribution < 1.29 is 14.3 Å². The van der Waals surface area contributed by atoms with Gasteiger partial charge in [0.1, 0.15) is 5.75 Å². The molecule has 7 heteroatoms. The highest BCUT2D eigenvalue weighted by Crippen LogP contribution is 2.22. The predicted octanol–water partition coefficient (Wildman–Crippen LogP) is 3.88. The van der Waals surface area contributed by atoms with Crippen molar-refractivity contribution in [1.82, 2.24) is 4.98 Å². The maximum absolute atomic E-state index is 12.2. The predicted molar refractivity (Wildman–Crippen MR) is 98.7 cm³/mol. The number of hydrogen-bond acceptors (Lipinski definition) is 4. The molecule has 3 N–H and O–H groups in total. The van der Waals surface area contributed by atoms with Gasteiger partial charge in [0.15, 0.2) is 0 Å². The van der Waals surface area contributed by atoms with Crippen molar-refractivity contribution in [1.29, 1.82) is 0 Å². The van der Waals surface area contributed by atoms with E-state index in [-0.39, 0.29) is 5.91 Å². The maximum Gasteiger partial charge on any atom is 0.257 e. The monoisotopic (exact) mass is 367 g/mol. The number of anilines is 1. The number of primary amides is 1. The van der Waals surface area contributed by atoms with Crippen molar-refractivity contribution >= 4 is 29.1 Å². The van der Waals surface area contributed by atoms with Gasteiger partial charge < -0.3 is 15.8 Å². The lowest BCUT2D eigenvalue weighted by molar-refractivity contribution is 0.0997. The number of rotatable bonds is 5. The second-order valence-electron chi connectivity index (χ2n) is 5.31. The van der Waals surface area contributed by atoms with E-state index in [0.717, 1.165) is 0 Å². The molecule has 130 valence electrons. The van der Waals surface area contributed by atoms with Gasteiger partial charge in [-0.2, -0.15) is 0 Å². The molecule has 2 amide bonds. The van der Waals surface area contributed by atoms with Crippen LogP contribution < -0.4 is 15.8 Å². The van der Waals surface area contributed by atoms with E-state index in [1.807, 2.05) is 0 Å². The molecule has 26 heavy (non-hydrogen) atoms. The molecule has 1 heterocycles. The molecular formula is C19H14ClN3O3. The smallest absolute Gasteiger partial charge is 0.257 e. The number of amides is 2. The standard InChI is InChI=1S/C19H14ClN3O3/c20-16-7-2-1-6-15(16)19(25)23-13-8-9-17(22-11-13)26-14-5-3-4-12(10-14)18(21)24/h1-11H,(H2,21,24)(H,23,25). The summed E-state index contributed by atoms with van der Waals surface area (Å²) in [5.74, 6) is -0.134. The van der Waals surface area contributed by atoms with E-state index in [0.29, 0.717) is 33.5 Å². The summed E-state index contributed by atoms with van der Waals surface area (Å²) in [6.45, 7) is 0. The van der Waals surface area contributed by atoms with Crippen LogP contribution in [0, 0.1) is 0 Å². The summed E-state index contributed by atoms with van der Waals surface area (Å²) in [6.07, 6.45) is 1.46. The summed E-state index contributed by atoms with van der Waals surface area (Å²) < 4.78 is 5.58. The molecule has 0 spiro atoms. The Hall–Kier alpha value is -3.38. The van der Waals surface area contributed by atoms with E-state index in [9.17, 15) is 9.59 Å². The van der Waals surface area contributed by atoms with Crippen LogP contribution in [0.2, 0.25) is 5.02 Å². The molecule has 0 bridgehead atoms. The summed E-state index contributed by atoms with van der Waals surface area (Å²) in [7, 11) is 0. The van der Waals surface area contributed by atoms with E-state index < -0.39 is 5.91 Å². The Balaban J connectivity index is 1.69. The SMILES string of the molecule is NC(=O)c1cccc(Oc2ccc(NC(=O)c3ccccc3Cl)cn2)c1. The minimum absolute atomic E-state index is 0.308. The third kappa shape index (κ3) is 4.17. The highest BCUT2D eigenvalue weighted by molar-refractivity contribution is 6.34. The van der Waals surface area contributed by atoms with Gasteiger partial charge in [0.2, 0.25) is 11.8 Å². The van der Waals surface area contributed by atoms with Crippen molar-refractivity contribution in [3.8, 4) is 11.6 Å². The van der Waals surface area contributed by atoms with Crippen LogP contribution in [0.15, 0.2) is 66.9 Å². The van der Waals surface area contributed by atoms with Crippen LogP contribution in [-0.4, -0.2) is 16.8 Å². The van der Waals surface area contributed by atoms with Crippen molar-refractivity contribution in [2.24, 2.45) is 5.73 Å². The number of ether oxygens (including phenoxy) is 1. The Morgan fingerprint density at radius 1 is 1.04 bits per heavy atom. The van der Waals surface area contributed by atoms with Crippen molar-refractivity contribution in [3.63, 3.8) is 0 Å². The van der Waals surface area contributed by atoms with Gasteiger partial charge in [0.05, 0.1) is 22.5 Å². The minimum Gasteiger partial charge on any atom is -0.439 e. The first-order chi connectivity index (χ1) is 12.5. The zero-order chi connectivity index (χ0) is 18.5. The molecule has 0 fully saturated rings. The van der Waals surface area contributed by atoms with Crippen molar-refractivity contribution in [2.75, 3.05) is 5.32 Å². The van der Waals surface area contributed by atoms with Crippen LogP contribution in [0.3, 0.4) is 0 Å². The number of carbonyl (C=O) groups is 2. The summed E-state index contributed by atoms with van der Waals surface area (Å²) in [4.78, 5) is 27.5. The first-order valence-corrected chi connectivity index (χ1v) is 8.00. The van der Waals surface area contributed by atoms with Gasteiger partial charge >= 0.3 is 0 Å². The molecule has 0 saturated heterocycles. The number of nitrogens with two attached hydrogens (primary N) is 1. The van der Waals surface area contributed by atoms with Crippen LogP contribution in [0.5, 0.6) is 11.6 Å². The topological polar surface area (TPSA) is 94.3 Å². The van der Waals surface area contributed by atoms with E-state index in [4.69, 9.17) is 22.1 Å². The second-order valence-corrected chi connectivity index (χ2v) is 5.72. The Kier molecular flexibility index (Phi) is 5.15. The molecule has 0 unspecified atom stereocenters. The van der Waals surface area contributed by atoms with Crippen molar-refractivity contribution in [2.45, 2.75) is 0 Å². The van der Waals surface area contributed by atoms with Crippen LogP contribution in [0.25, 0.3) is 0 Å². The normalized spacial score (nSPS) is 10.2. The van der Waals surface area contributed by atoms with Crippen molar-refractivity contribution in [3.05, 3.63) is 83.0 Å². The molecule has 3 aromatic rings. The van der Waals surface area contributed by atoms with Gasteiger partial charge in [-0.15, -0.1) is 0 Å². The third-order valence-corrected chi connectivity index (χ3v) is 3.78. The third-order valence-electron chi connectivity index (χ3n) is 3.45. The summed E-state index contributed by atoms with van der Waals surface area (Å²) in [5, 5.41) is 3.08. The highest BCUT2D eigenvalue weighted by Gasteiger charge is 2.10. The molecule has 2 aromatic carbocycles. The molecule has 1 aromatic heterocycles. The fraction of sp³-hybridized carbons (Fsp3) is 0. The largest absolute Gasteiger partial charge is 0.439 e. The average Bonchev–Trinajstić information content (AvgIpc) is 2.64. The Morgan fingerprint density at radius 2 is 1.85 bits per heavy atom. The molecule has 0 saturated carbocycles. The first kappa shape index (κ1) is 17.4. The van der Waals surface area contributed by atoms with Gasteiger partial charge in [0.25, 0.3) is 5.91 Å². The summed E-state index contributed by atoms with van der Waals surface area (Å²) in [5.41, 5.74) is 6.45. The van der Waals surface area contributed by atoms with Crippen LogP contribution in [0.4, 0.5) is 5.69 Å². The molecular weight excluding hydrogens is 354 g/mol. The fourth-order valence-electron chi connectivity index (χ4n) is 2.19. The lowest BCUT2D eigenvalue weighted by Gasteiger charge is -2.08. The molecule has 0 aliphatic heterocycles. The van der Waals surface area contributed by atoms with Gasteiger partial charge in [-0.3, -0.25) is 9.59 Å². The van der Waals surface area contributed by atoms with Crippen LogP contribution in [0.1, 0.15) is 20.7 Å². The minimum atomic E-state index is -0.541. The van der Waals surface area contributed by atoms with Gasteiger partial charge in [-0.05, 0) is 36.4 Å². The Labute approximate surface area is 154 Å². The Morgan fingerprint density at radius 3 is 2.54 bits per heavy atom. The summed E-state index contributed by atoms with van der Waals surface area (Å²) >= 11 is 6.01. The van der Waals surface area contributed by atoms with E-state index in [2.05, 4.69) is 10.3 Å². The quantitative estimate of drug-likeness (QED) is 0.715. The molecule has 0 aliphatic carbocycles. The number of benzene rings is 2. The van der Waals surface area contributed by atoms with Gasteiger partial charge in [0, 0.05) is 11.6 Å². The average molecular weight is 368 g/mol. The number of nitrogens with one attached hydrogen (secondary N) is 1. The lowest BCUT2D eigenvalue weighted by Crippen LogP contribution is -2.12. The zero-order valence-electron chi connectivity index (χ0n) is 13.5. The fourth-order valence-corrected chi connectivity index (χ4v) is 2.41. The van der Waals surface area contributed by atoms with Crippen LogP contribution >= 0.6 is 11.6 Å². The number of carbonyl (C=O) groups excluding carboxylic acids is 2. The number of halogens is 1. The maximum atomic E-state index is 12.2. The van der Waals surface area contributed by atoms with Gasteiger partial charge in [-0.1, -0.05) is 29.8 Å².